The van der Waals surface area contributed by atoms with E-state index in [1.54, 1.807) is 25.2 Å². The second-order valence-electron chi connectivity index (χ2n) is 3.73. The van der Waals surface area contributed by atoms with Gasteiger partial charge in [0, 0.05) is 5.57 Å². The minimum Gasteiger partial charge on any atom is -0.504 e. The van der Waals surface area contributed by atoms with Crippen molar-refractivity contribution in [2.45, 2.75) is 20.3 Å². The van der Waals surface area contributed by atoms with Gasteiger partial charge in [-0.25, -0.2) is 0 Å². The van der Waals surface area contributed by atoms with Crippen LogP contribution in [0.4, 0.5) is 0 Å². The van der Waals surface area contributed by atoms with Gasteiger partial charge in [0.15, 0.2) is 17.3 Å². The number of rotatable bonds is 4. The Labute approximate surface area is 106 Å². The number of benzene rings is 1. The van der Waals surface area contributed by atoms with Crippen molar-refractivity contribution in [2.24, 2.45) is 0 Å². The molecule has 1 aromatic carbocycles. The maximum absolute atomic E-state index is 12.1. The van der Waals surface area contributed by atoms with Crippen LogP contribution in [0.25, 0.3) is 0 Å². The van der Waals surface area contributed by atoms with Crippen LogP contribution in [0.1, 0.15) is 30.6 Å². The Balaban J connectivity index is 3.26. The molecule has 0 fully saturated rings. The molecule has 4 nitrogen and oxygen atoms in total. The predicted molar refractivity (Wildman–Crippen MR) is 69.0 cm³/mol. The predicted octanol–water partition coefficient (Wildman–Crippen LogP) is 2.90. The largest absolute Gasteiger partial charge is 0.504 e. The maximum atomic E-state index is 12.1. The number of phenols is 3. The van der Waals surface area contributed by atoms with Gasteiger partial charge in [0.1, 0.15) is 0 Å². The highest BCUT2D eigenvalue weighted by molar-refractivity contribution is 6.12. The van der Waals surface area contributed by atoms with E-state index >= 15 is 0 Å². The minimum absolute atomic E-state index is 0.0388. The molecular weight excluding hydrogens is 232 g/mol. The van der Waals surface area contributed by atoms with Crippen molar-refractivity contribution < 1.29 is 20.1 Å². The lowest BCUT2D eigenvalue weighted by Gasteiger charge is -2.07. The van der Waals surface area contributed by atoms with Gasteiger partial charge in [-0.2, -0.15) is 0 Å². The van der Waals surface area contributed by atoms with Gasteiger partial charge in [-0.1, -0.05) is 25.2 Å². The molecule has 1 aromatic rings. The van der Waals surface area contributed by atoms with Crippen LogP contribution < -0.4 is 0 Å². The molecule has 0 amide bonds. The molecule has 0 radical (unpaired) electrons. The Morgan fingerprint density at radius 2 is 1.89 bits per heavy atom. The Kier molecular flexibility index (Phi) is 4.54. The number of hydrogen-bond acceptors (Lipinski definition) is 4. The van der Waals surface area contributed by atoms with Gasteiger partial charge in [-0.15, -0.1) is 0 Å². The highest BCUT2D eigenvalue weighted by Gasteiger charge is 2.18. The fraction of sp³-hybridized carbons (Fsp3) is 0.214. The highest BCUT2D eigenvalue weighted by Crippen LogP contribution is 2.37. The summed E-state index contributed by atoms with van der Waals surface area (Å²) in [6, 6.07) is 2.45. The molecule has 1 rings (SSSR count). The molecule has 0 aliphatic rings. The molecule has 0 aliphatic heterocycles. The number of hydrogen-bond donors (Lipinski definition) is 3. The van der Waals surface area contributed by atoms with E-state index in [4.69, 9.17) is 0 Å². The van der Waals surface area contributed by atoms with Gasteiger partial charge in [0.05, 0.1) is 5.56 Å². The smallest absolute Gasteiger partial charge is 0.201 e. The number of carbonyl (C=O) groups is 1. The fourth-order valence-electron chi connectivity index (χ4n) is 1.54. The first kappa shape index (κ1) is 13.8. The van der Waals surface area contributed by atoms with Crippen molar-refractivity contribution in [1.29, 1.82) is 0 Å². The van der Waals surface area contributed by atoms with Gasteiger partial charge in [-0.05, 0) is 25.5 Å². The fourth-order valence-corrected chi connectivity index (χ4v) is 1.54. The zero-order valence-corrected chi connectivity index (χ0v) is 10.3. The number of phenolic OH excluding ortho intramolecular Hbond substituents is 3. The van der Waals surface area contributed by atoms with E-state index in [0.717, 1.165) is 0 Å². The molecule has 0 unspecified atom stereocenters. The molecule has 0 saturated carbocycles. The van der Waals surface area contributed by atoms with E-state index < -0.39 is 23.0 Å². The lowest BCUT2D eigenvalue weighted by molar-refractivity contribution is 0.103. The van der Waals surface area contributed by atoms with Gasteiger partial charge in [-0.3, -0.25) is 4.79 Å². The van der Waals surface area contributed by atoms with E-state index in [1.165, 1.54) is 12.1 Å². The van der Waals surface area contributed by atoms with Crippen LogP contribution in [0.3, 0.4) is 0 Å². The Morgan fingerprint density at radius 3 is 2.44 bits per heavy atom. The summed E-state index contributed by atoms with van der Waals surface area (Å²) < 4.78 is 0. The third-order valence-electron chi connectivity index (χ3n) is 2.41. The Hall–Kier alpha value is -2.23. The van der Waals surface area contributed by atoms with Crippen molar-refractivity contribution in [3.63, 3.8) is 0 Å². The zero-order chi connectivity index (χ0) is 13.7. The summed E-state index contributed by atoms with van der Waals surface area (Å²) in [4.78, 5) is 12.1. The summed E-state index contributed by atoms with van der Waals surface area (Å²) in [6.45, 7) is 3.68. The Bertz CT molecular complexity index is 513. The lowest BCUT2D eigenvalue weighted by atomic mass is 10.0. The number of carbonyl (C=O) groups excluding carboxylic acids is 1. The van der Waals surface area contributed by atoms with Crippen LogP contribution in [-0.4, -0.2) is 21.1 Å². The van der Waals surface area contributed by atoms with E-state index in [9.17, 15) is 20.1 Å². The average molecular weight is 248 g/mol. The summed E-state index contributed by atoms with van der Waals surface area (Å²) in [5.74, 6) is -2.15. The second-order valence-corrected chi connectivity index (χ2v) is 3.73. The summed E-state index contributed by atoms with van der Waals surface area (Å²) in [6.07, 6.45) is 5.76. The van der Waals surface area contributed by atoms with Gasteiger partial charge in [0.25, 0.3) is 0 Å². The van der Waals surface area contributed by atoms with Gasteiger partial charge >= 0.3 is 0 Å². The number of ketones is 1. The summed E-state index contributed by atoms with van der Waals surface area (Å²) in [7, 11) is 0. The molecular formula is C14H16O4. The molecule has 3 N–H and O–H groups in total. The molecule has 0 spiro atoms. The molecule has 4 heteroatoms. The summed E-state index contributed by atoms with van der Waals surface area (Å²) >= 11 is 0. The molecule has 0 aromatic heterocycles. The topological polar surface area (TPSA) is 77.8 Å². The third kappa shape index (κ3) is 2.71. The SMILES string of the molecule is C/C=C\C(=C/CC)C(=O)c1ccc(O)c(O)c1O. The van der Waals surface area contributed by atoms with E-state index in [2.05, 4.69) is 0 Å². The molecule has 18 heavy (non-hydrogen) atoms. The molecule has 0 heterocycles. The second kappa shape index (κ2) is 5.91. The van der Waals surface area contributed by atoms with Crippen molar-refractivity contribution in [3.05, 3.63) is 41.5 Å². The molecule has 0 atom stereocenters. The first-order valence-electron chi connectivity index (χ1n) is 5.64. The number of Topliss-reactive ketones (excluding diaryl/α,β-unsaturated/α-hetero) is 1. The van der Waals surface area contributed by atoms with Crippen LogP contribution in [0.2, 0.25) is 0 Å². The highest BCUT2D eigenvalue weighted by atomic mass is 16.3. The lowest BCUT2D eigenvalue weighted by Crippen LogP contribution is -2.02. The maximum Gasteiger partial charge on any atom is 0.201 e. The van der Waals surface area contributed by atoms with Crippen LogP contribution in [-0.2, 0) is 0 Å². The van der Waals surface area contributed by atoms with Crippen molar-refractivity contribution in [3.8, 4) is 17.2 Å². The van der Waals surface area contributed by atoms with Gasteiger partial charge in [0.2, 0.25) is 5.75 Å². The molecule has 0 aliphatic carbocycles. The number of aromatic hydroxyl groups is 3. The van der Waals surface area contributed by atoms with Crippen LogP contribution in [0.15, 0.2) is 35.9 Å². The van der Waals surface area contributed by atoms with Crippen molar-refractivity contribution in [2.75, 3.05) is 0 Å². The molecule has 0 saturated heterocycles. The van der Waals surface area contributed by atoms with Crippen molar-refractivity contribution >= 4 is 5.78 Å². The summed E-state index contributed by atoms with van der Waals surface area (Å²) in [5, 5.41) is 28.2. The third-order valence-corrected chi connectivity index (χ3v) is 2.41. The van der Waals surface area contributed by atoms with E-state index in [-0.39, 0.29) is 5.56 Å². The van der Waals surface area contributed by atoms with E-state index in [1.807, 2.05) is 6.92 Å². The van der Waals surface area contributed by atoms with E-state index in [0.29, 0.717) is 12.0 Å². The van der Waals surface area contributed by atoms with Crippen LogP contribution in [0, 0.1) is 0 Å². The molecule has 96 valence electrons. The average Bonchev–Trinajstić information content (AvgIpc) is 2.35. The first-order chi connectivity index (χ1) is 8.52. The normalized spacial score (nSPS) is 12.0. The quantitative estimate of drug-likeness (QED) is 0.331. The standard InChI is InChI=1S/C14H16O4/c1-3-5-9(6-4-2)12(16)10-7-8-11(15)14(18)13(10)17/h3,5-8,15,17-18H,4H2,1-2H3/b5-3-,9-6+. The van der Waals surface area contributed by atoms with Gasteiger partial charge < -0.3 is 15.3 Å². The minimum atomic E-state index is -0.683. The van der Waals surface area contributed by atoms with Crippen molar-refractivity contribution in [1.82, 2.24) is 0 Å². The zero-order valence-electron chi connectivity index (χ0n) is 10.3. The molecule has 0 bridgehead atoms. The summed E-state index contributed by atoms with van der Waals surface area (Å²) in [5.41, 5.74) is 0.392. The first-order valence-corrected chi connectivity index (χ1v) is 5.64. The number of allylic oxidation sites excluding steroid dienone is 4. The van der Waals surface area contributed by atoms with Crippen LogP contribution in [0.5, 0.6) is 17.2 Å². The van der Waals surface area contributed by atoms with Crippen LogP contribution >= 0.6 is 0 Å². The Morgan fingerprint density at radius 1 is 1.22 bits per heavy atom. The monoisotopic (exact) mass is 248 g/mol.